The lowest BCUT2D eigenvalue weighted by molar-refractivity contribution is 0.396. The molecule has 0 bridgehead atoms. The molecule has 1 fully saturated rings. The number of anilines is 1. The van der Waals surface area contributed by atoms with E-state index in [2.05, 4.69) is 27.8 Å². The van der Waals surface area contributed by atoms with E-state index in [9.17, 15) is 4.79 Å². The van der Waals surface area contributed by atoms with Crippen LogP contribution in [-0.4, -0.2) is 28.8 Å². The second-order valence-electron chi connectivity index (χ2n) is 4.15. The maximum atomic E-state index is 11.2. The van der Waals surface area contributed by atoms with Crippen molar-refractivity contribution < 1.29 is 0 Å². The summed E-state index contributed by atoms with van der Waals surface area (Å²) in [5, 5.41) is 12.8. The fourth-order valence-corrected chi connectivity index (χ4v) is 2.11. The largest absolute Gasteiger partial charge is 0.380 e. The maximum absolute atomic E-state index is 11.2. The van der Waals surface area contributed by atoms with Crippen LogP contribution in [0.1, 0.15) is 19.8 Å². The zero-order chi connectivity index (χ0) is 11.5. The fraction of sp³-hybridized carbons (Fsp3) is 0.600. The van der Waals surface area contributed by atoms with Crippen molar-refractivity contribution in [2.24, 2.45) is 0 Å². The van der Waals surface area contributed by atoms with Gasteiger partial charge in [-0.1, -0.05) is 11.6 Å². The minimum Gasteiger partial charge on any atom is -0.380 e. The summed E-state index contributed by atoms with van der Waals surface area (Å²) in [4.78, 5) is 11.2. The lowest BCUT2D eigenvalue weighted by atomic mass is 10.0. The van der Waals surface area contributed by atoms with Crippen LogP contribution in [0.5, 0.6) is 0 Å². The van der Waals surface area contributed by atoms with Crippen LogP contribution in [0.3, 0.4) is 0 Å². The average Bonchev–Trinajstić information content (AvgIpc) is 2.25. The number of aromatic amines is 1. The average molecular weight is 243 g/mol. The summed E-state index contributed by atoms with van der Waals surface area (Å²) >= 11 is 5.89. The molecule has 88 valence electrons. The predicted octanol–water partition coefficient (Wildman–Crippen LogP) is 0.976. The molecule has 0 spiro atoms. The van der Waals surface area contributed by atoms with Crippen molar-refractivity contribution in [1.82, 2.24) is 15.5 Å². The Morgan fingerprint density at radius 2 is 2.44 bits per heavy atom. The maximum Gasteiger partial charge on any atom is 0.285 e. The first-order chi connectivity index (χ1) is 7.66. The van der Waals surface area contributed by atoms with Crippen molar-refractivity contribution in [3.63, 3.8) is 0 Å². The van der Waals surface area contributed by atoms with Gasteiger partial charge in [-0.3, -0.25) is 4.79 Å². The third-order valence-corrected chi connectivity index (χ3v) is 3.15. The highest BCUT2D eigenvalue weighted by Crippen LogP contribution is 2.19. The Labute approximate surface area is 98.6 Å². The molecule has 0 aliphatic carbocycles. The SMILES string of the molecule is CC1CC(Nc2cn[nH]c(=O)c2Cl)CCN1. The van der Waals surface area contributed by atoms with E-state index in [1.54, 1.807) is 6.20 Å². The molecule has 2 atom stereocenters. The number of hydrogen-bond donors (Lipinski definition) is 3. The second kappa shape index (κ2) is 4.84. The van der Waals surface area contributed by atoms with Crippen LogP contribution in [-0.2, 0) is 0 Å². The Morgan fingerprint density at radius 1 is 1.62 bits per heavy atom. The minimum atomic E-state index is -0.353. The van der Waals surface area contributed by atoms with Crippen LogP contribution in [0.15, 0.2) is 11.0 Å². The zero-order valence-electron chi connectivity index (χ0n) is 9.09. The van der Waals surface area contributed by atoms with Crippen molar-refractivity contribution in [3.05, 3.63) is 21.6 Å². The third-order valence-electron chi connectivity index (χ3n) is 2.78. The van der Waals surface area contributed by atoms with Gasteiger partial charge in [0, 0.05) is 12.1 Å². The van der Waals surface area contributed by atoms with Gasteiger partial charge in [0.1, 0.15) is 5.02 Å². The minimum absolute atomic E-state index is 0.182. The van der Waals surface area contributed by atoms with Crippen molar-refractivity contribution in [1.29, 1.82) is 0 Å². The summed E-state index contributed by atoms with van der Waals surface area (Å²) in [6, 6.07) is 0.831. The van der Waals surface area contributed by atoms with E-state index in [-0.39, 0.29) is 10.6 Å². The van der Waals surface area contributed by atoms with E-state index in [0.29, 0.717) is 17.8 Å². The number of H-pyrrole nitrogens is 1. The Bertz CT molecular complexity index is 420. The standard InChI is InChI=1S/C10H15ClN4O/c1-6-4-7(2-3-12-6)14-8-5-13-15-10(16)9(8)11/h5-7,12H,2-4H2,1H3,(H2,14,15,16). The number of hydrogen-bond acceptors (Lipinski definition) is 4. The molecule has 3 N–H and O–H groups in total. The van der Waals surface area contributed by atoms with Gasteiger partial charge in [-0.2, -0.15) is 5.10 Å². The topological polar surface area (TPSA) is 69.8 Å². The molecule has 5 nitrogen and oxygen atoms in total. The van der Waals surface area contributed by atoms with Gasteiger partial charge in [0.25, 0.3) is 5.56 Å². The Hall–Kier alpha value is -1.07. The normalized spacial score (nSPS) is 25.4. The fourth-order valence-electron chi connectivity index (χ4n) is 1.97. The van der Waals surface area contributed by atoms with Crippen LogP contribution >= 0.6 is 11.6 Å². The second-order valence-corrected chi connectivity index (χ2v) is 4.53. The molecular weight excluding hydrogens is 228 g/mol. The van der Waals surface area contributed by atoms with Gasteiger partial charge in [-0.25, -0.2) is 5.10 Å². The summed E-state index contributed by atoms with van der Waals surface area (Å²) in [6.45, 7) is 3.12. The van der Waals surface area contributed by atoms with Crippen LogP contribution < -0.4 is 16.2 Å². The van der Waals surface area contributed by atoms with Gasteiger partial charge < -0.3 is 10.6 Å². The summed E-state index contributed by atoms with van der Waals surface area (Å²) < 4.78 is 0. The van der Waals surface area contributed by atoms with E-state index in [1.165, 1.54) is 0 Å². The number of aromatic nitrogens is 2. The molecule has 2 heterocycles. The molecule has 2 rings (SSSR count). The molecule has 1 aliphatic rings. The van der Waals surface area contributed by atoms with Gasteiger partial charge in [-0.15, -0.1) is 0 Å². The predicted molar refractivity (Wildman–Crippen MR) is 64.0 cm³/mol. The molecule has 2 unspecified atom stereocenters. The smallest absolute Gasteiger partial charge is 0.285 e. The molecular formula is C10H15ClN4O. The van der Waals surface area contributed by atoms with Gasteiger partial charge in [-0.05, 0) is 26.3 Å². The molecule has 0 saturated carbocycles. The first-order valence-electron chi connectivity index (χ1n) is 5.40. The Morgan fingerprint density at radius 3 is 3.19 bits per heavy atom. The van der Waals surface area contributed by atoms with Crippen LogP contribution in [0.25, 0.3) is 0 Å². The number of halogens is 1. The molecule has 1 aromatic heterocycles. The Kier molecular flexibility index (Phi) is 3.46. The van der Waals surface area contributed by atoms with Gasteiger partial charge in [0.2, 0.25) is 0 Å². The molecule has 1 aromatic rings. The van der Waals surface area contributed by atoms with Crippen molar-refractivity contribution >= 4 is 17.3 Å². The highest BCUT2D eigenvalue weighted by Gasteiger charge is 2.19. The van der Waals surface area contributed by atoms with Gasteiger partial charge in [0.15, 0.2) is 0 Å². The van der Waals surface area contributed by atoms with Gasteiger partial charge in [0.05, 0.1) is 11.9 Å². The molecule has 0 amide bonds. The van der Waals surface area contributed by atoms with Gasteiger partial charge >= 0.3 is 0 Å². The molecule has 1 aliphatic heterocycles. The summed E-state index contributed by atoms with van der Waals surface area (Å²) in [5.41, 5.74) is 0.262. The van der Waals surface area contributed by atoms with Crippen LogP contribution in [0.4, 0.5) is 5.69 Å². The Balaban J connectivity index is 2.08. The van der Waals surface area contributed by atoms with Crippen molar-refractivity contribution in [2.45, 2.75) is 31.8 Å². The van der Waals surface area contributed by atoms with E-state index in [0.717, 1.165) is 19.4 Å². The van der Waals surface area contributed by atoms with E-state index >= 15 is 0 Å². The third kappa shape index (κ3) is 2.54. The molecule has 0 radical (unpaired) electrons. The van der Waals surface area contributed by atoms with E-state index in [1.807, 2.05) is 0 Å². The summed E-state index contributed by atoms with van der Waals surface area (Å²) in [5.74, 6) is 0. The highest BCUT2D eigenvalue weighted by atomic mass is 35.5. The number of nitrogens with one attached hydrogen (secondary N) is 3. The van der Waals surface area contributed by atoms with E-state index in [4.69, 9.17) is 11.6 Å². The lowest BCUT2D eigenvalue weighted by Crippen LogP contribution is -2.41. The number of rotatable bonds is 2. The van der Waals surface area contributed by atoms with Crippen molar-refractivity contribution in [3.8, 4) is 0 Å². The zero-order valence-corrected chi connectivity index (χ0v) is 9.84. The summed E-state index contributed by atoms with van der Waals surface area (Å²) in [7, 11) is 0. The highest BCUT2D eigenvalue weighted by molar-refractivity contribution is 6.32. The lowest BCUT2D eigenvalue weighted by Gasteiger charge is -2.29. The number of piperidine rings is 1. The monoisotopic (exact) mass is 242 g/mol. The summed E-state index contributed by atoms with van der Waals surface area (Å²) in [6.07, 6.45) is 3.59. The molecule has 6 heteroatoms. The molecule has 1 saturated heterocycles. The first kappa shape index (κ1) is 11.4. The molecule has 16 heavy (non-hydrogen) atoms. The van der Waals surface area contributed by atoms with Crippen LogP contribution in [0.2, 0.25) is 5.02 Å². The first-order valence-corrected chi connectivity index (χ1v) is 5.77. The molecule has 0 aromatic carbocycles. The quantitative estimate of drug-likeness (QED) is 0.723. The van der Waals surface area contributed by atoms with Crippen LogP contribution in [0, 0.1) is 0 Å². The van der Waals surface area contributed by atoms with E-state index < -0.39 is 0 Å². The van der Waals surface area contributed by atoms with Crippen molar-refractivity contribution in [2.75, 3.05) is 11.9 Å². The number of nitrogens with zero attached hydrogens (tertiary/aromatic N) is 1.